The fourth-order valence-electron chi connectivity index (χ4n) is 5.82. The van der Waals surface area contributed by atoms with Crippen LogP contribution in [0.3, 0.4) is 0 Å². The number of carbonyl (C=O) groups is 1. The van der Waals surface area contributed by atoms with Gasteiger partial charge in [-0.15, -0.1) is 0 Å². The molecule has 1 aromatic carbocycles. The van der Waals surface area contributed by atoms with E-state index in [9.17, 15) is 4.79 Å². The van der Waals surface area contributed by atoms with Crippen LogP contribution in [0.2, 0.25) is 0 Å². The number of amides is 1. The van der Waals surface area contributed by atoms with Crippen LogP contribution >= 0.6 is 0 Å². The van der Waals surface area contributed by atoms with Crippen LogP contribution in [0.15, 0.2) is 22.9 Å². The number of imidazole rings is 1. The Labute approximate surface area is 233 Å². The van der Waals surface area contributed by atoms with Gasteiger partial charge in [-0.2, -0.15) is 0 Å². The third-order valence-corrected chi connectivity index (χ3v) is 7.72. The average Bonchev–Trinajstić information content (AvgIpc) is 3.52. The van der Waals surface area contributed by atoms with E-state index in [4.69, 9.17) is 34.4 Å². The molecule has 0 bridgehead atoms. The molecule has 4 heterocycles. The summed E-state index contributed by atoms with van der Waals surface area (Å²) in [6.45, 7) is 8.67. The van der Waals surface area contributed by atoms with E-state index in [0.29, 0.717) is 38.6 Å². The van der Waals surface area contributed by atoms with Gasteiger partial charge in [-0.05, 0) is 45.7 Å². The number of hydrogen-bond acceptors (Lipinski definition) is 9. The van der Waals surface area contributed by atoms with Crippen LogP contribution in [0.1, 0.15) is 49.0 Å². The van der Waals surface area contributed by atoms with Crippen LogP contribution in [0.5, 0.6) is 5.75 Å². The van der Waals surface area contributed by atoms with Gasteiger partial charge in [-0.25, -0.2) is 4.98 Å². The van der Waals surface area contributed by atoms with Gasteiger partial charge in [0.15, 0.2) is 0 Å². The van der Waals surface area contributed by atoms with E-state index in [-0.39, 0.29) is 24.5 Å². The highest BCUT2D eigenvalue weighted by Crippen LogP contribution is 2.41. The lowest BCUT2D eigenvalue weighted by Gasteiger charge is -2.32. The molecule has 0 unspecified atom stereocenters. The minimum atomic E-state index is 0.00421. The molecule has 0 spiro atoms. The van der Waals surface area contributed by atoms with Crippen molar-refractivity contribution in [2.24, 2.45) is 5.73 Å². The summed E-state index contributed by atoms with van der Waals surface area (Å²) in [5.74, 6) is 2.64. The second-order valence-electron chi connectivity index (χ2n) is 10.4. The van der Waals surface area contributed by atoms with Gasteiger partial charge in [0.1, 0.15) is 29.5 Å². The lowest BCUT2D eigenvalue weighted by Crippen LogP contribution is -2.40. The highest BCUT2D eigenvalue weighted by molar-refractivity contribution is 6.05. The van der Waals surface area contributed by atoms with Gasteiger partial charge < -0.3 is 33.9 Å². The number of likely N-dealkylation sites (tertiary alicyclic amines) is 1. The summed E-state index contributed by atoms with van der Waals surface area (Å²) in [4.78, 5) is 24.4. The molecule has 40 heavy (non-hydrogen) atoms. The lowest BCUT2D eigenvalue weighted by molar-refractivity contribution is -0.137. The standard InChI is InChI=1S/C29H38N6O5/c1-17(15-37-4)35-28-21-13-25(38-5)22(27-18(2)33-40-19(27)3)12-23(21)31-14-24(28)32-29(35)20-6-9-34(10-7-20)26(36)16-39-11-8-30/h12-14,17,20H,6-11,15-16,30H2,1-5H3/t17-/m1/s1. The van der Waals surface area contributed by atoms with Gasteiger partial charge in [0.2, 0.25) is 5.91 Å². The zero-order valence-electron chi connectivity index (χ0n) is 23.9. The fourth-order valence-corrected chi connectivity index (χ4v) is 5.82. The van der Waals surface area contributed by atoms with Crippen molar-refractivity contribution in [2.45, 2.75) is 45.6 Å². The number of hydrogen-bond donors (Lipinski definition) is 1. The Morgan fingerprint density at radius 3 is 2.62 bits per heavy atom. The van der Waals surface area contributed by atoms with E-state index in [0.717, 1.165) is 63.2 Å². The summed E-state index contributed by atoms with van der Waals surface area (Å²) in [5.41, 5.74) is 10.7. The number of rotatable bonds is 10. The van der Waals surface area contributed by atoms with Crippen LogP contribution in [-0.4, -0.2) is 84.2 Å². The number of fused-ring (bicyclic) bond motifs is 3. The quantitative estimate of drug-likeness (QED) is 0.293. The zero-order valence-corrected chi connectivity index (χ0v) is 23.9. The summed E-state index contributed by atoms with van der Waals surface area (Å²) >= 11 is 0. The minimum Gasteiger partial charge on any atom is -0.496 e. The number of nitrogens with zero attached hydrogens (tertiary/aromatic N) is 5. The number of carbonyl (C=O) groups excluding carboxylic acids is 1. The molecule has 4 aromatic rings. The van der Waals surface area contributed by atoms with E-state index in [1.54, 1.807) is 14.2 Å². The maximum atomic E-state index is 12.6. The molecular weight excluding hydrogens is 512 g/mol. The zero-order chi connectivity index (χ0) is 28.4. The maximum Gasteiger partial charge on any atom is 0.248 e. The Hall–Kier alpha value is -3.54. The number of ether oxygens (including phenoxy) is 3. The molecule has 0 saturated carbocycles. The van der Waals surface area contributed by atoms with Crippen LogP contribution in [-0.2, 0) is 14.3 Å². The van der Waals surface area contributed by atoms with Crippen molar-refractivity contribution in [3.8, 4) is 16.9 Å². The molecule has 1 saturated heterocycles. The largest absolute Gasteiger partial charge is 0.496 e. The number of methoxy groups -OCH3 is 2. The van der Waals surface area contributed by atoms with E-state index in [2.05, 4.69) is 16.6 Å². The molecule has 1 amide bonds. The SMILES string of the molecule is COC[C@@H](C)n1c(C2CCN(C(=O)COCCN)CC2)nc2cnc3cc(-c4c(C)noc4C)c(OC)cc3c21. The molecule has 214 valence electrons. The molecule has 1 atom stereocenters. The van der Waals surface area contributed by atoms with Crippen molar-refractivity contribution in [3.05, 3.63) is 35.6 Å². The highest BCUT2D eigenvalue weighted by atomic mass is 16.5. The summed E-state index contributed by atoms with van der Waals surface area (Å²) in [7, 11) is 3.38. The first-order valence-corrected chi connectivity index (χ1v) is 13.7. The smallest absolute Gasteiger partial charge is 0.248 e. The fraction of sp³-hybridized carbons (Fsp3) is 0.517. The molecule has 3 aromatic heterocycles. The summed E-state index contributed by atoms with van der Waals surface area (Å²) in [6.07, 6.45) is 3.47. The number of nitrogens with two attached hydrogens (primary N) is 1. The van der Waals surface area contributed by atoms with Crippen molar-refractivity contribution >= 4 is 27.8 Å². The first-order valence-electron chi connectivity index (χ1n) is 13.7. The first kappa shape index (κ1) is 28.0. The van der Waals surface area contributed by atoms with Gasteiger partial charge in [-0.1, -0.05) is 5.16 Å². The average molecular weight is 551 g/mol. The van der Waals surface area contributed by atoms with Crippen LogP contribution in [0.4, 0.5) is 0 Å². The van der Waals surface area contributed by atoms with Crippen molar-refractivity contribution in [1.29, 1.82) is 0 Å². The van der Waals surface area contributed by atoms with Gasteiger partial charge in [-0.3, -0.25) is 9.78 Å². The highest BCUT2D eigenvalue weighted by Gasteiger charge is 2.30. The Morgan fingerprint density at radius 1 is 1.20 bits per heavy atom. The molecular formula is C29H38N6O5. The van der Waals surface area contributed by atoms with Crippen LogP contribution in [0, 0.1) is 13.8 Å². The second-order valence-corrected chi connectivity index (χ2v) is 10.4. The van der Waals surface area contributed by atoms with Crippen molar-refractivity contribution in [1.82, 2.24) is 24.6 Å². The monoisotopic (exact) mass is 550 g/mol. The van der Waals surface area contributed by atoms with Crippen LogP contribution in [0.25, 0.3) is 33.1 Å². The predicted molar refractivity (Wildman–Crippen MR) is 152 cm³/mol. The number of benzene rings is 1. The first-order chi connectivity index (χ1) is 19.4. The number of piperidine rings is 1. The molecule has 11 nitrogen and oxygen atoms in total. The molecule has 5 rings (SSSR count). The molecule has 1 aliphatic heterocycles. The Kier molecular flexibility index (Phi) is 8.34. The molecule has 0 aliphatic carbocycles. The number of pyridine rings is 1. The van der Waals surface area contributed by atoms with Gasteiger partial charge in [0.05, 0.1) is 54.9 Å². The molecule has 2 N–H and O–H groups in total. The van der Waals surface area contributed by atoms with E-state index in [1.165, 1.54) is 0 Å². The predicted octanol–water partition coefficient (Wildman–Crippen LogP) is 3.75. The summed E-state index contributed by atoms with van der Waals surface area (Å²) in [5, 5.41) is 5.08. The number of aromatic nitrogens is 4. The summed E-state index contributed by atoms with van der Waals surface area (Å²) < 4.78 is 24.5. The number of aryl methyl sites for hydroxylation is 2. The third kappa shape index (κ3) is 5.16. The van der Waals surface area contributed by atoms with E-state index in [1.807, 2.05) is 37.1 Å². The Morgan fingerprint density at radius 2 is 1.98 bits per heavy atom. The van der Waals surface area contributed by atoms with Gasteiger partial charge in [0, 0.05) is 43.6 Å². The van der Waals surface area contributed by atoms with Crippen LogP contribution < -0.4 is 10.5 Å². The lowest BCUT2D eigenvalue weighted by atomic mass is 9.95. The van der Waals surface area contributed by atoms with Gasteiger partial charge in [0.25, 0.3) is 0 Å². The second kappa shape index (κ2) is 11.9. The van der Waals surface area contributed by atoms with Crippen molar-refractivity contribution in [3.63, 3.8) is 0 Å². The van der Waals surface area contributed by atoms with Crippen molar-refractivity contribution < 1.29 is 23.5 Å². The molecule has 1 aliphatic rings. The maximum absolute atomic E-state index is 12.6. The third-order valence-electron chi connectivity index (χ3n) is 7.72. The van der Waals surface area contributed by atoms with Crippen molar-refractivity contribution in [2.75, 3.05) is 53.7 Å². The van der Waals surface area contributed by atoms with E-state index < -0.39 is 0 Å². The Bertz CT molecular complexity index is 1480. The minimum absolute atomic E-state index is 0.00421. The topological polar surface area (TPSA) is 131 Å². The molecule has 0 radical (unpaired) electrons. The molecule has 11 heteroatoms. The van der Waals surface area contributed by atoms with E-state index >= 15 is 0 Å². The van der Waals surface area contributed by atoms with Gasteiger partial charge >= 0.3 is 0 Å². The summed E-state index contributed by atoms with van der Waals surface area (Å²) in [6, 6.07) is 4.11. The normalized spacial score (nSPS) is 15.3. The Balaban J connectivity index is 1.56. The molecule has 1 fully saturated rings.